The summed E-state index contributed by atoms with van der Waals surface area (Å²) in [6.45, 7) is 10.3. The SMILES string of the molecule is CCNC1c2ccccc2CCCC1N(C)C(C)(C)CC. The Labute approximate surface area is 130 Å². The summed E-state index contributed by atoms with van der Waals surface area (Å²) in [7, 11) is 2.31. The standard InChI is InChI=1S/C19H32N2/c1-6-19(3,4)21(5)17-14-10-12-15-11-8-9-13-16(15)18(17)20-7-2/h8-9,11,13,17-18,20H,6-7,10,12,14H2,1-5H3. The third-order valence-electron chi connectivity index (χ3n) is 5.46. The lowest BCUT2D eigenvalue weighted by atomic mass is 9.90. The van der Waals surface area contributed by atoms with Gasteiger partial charge in [-0.2, -0.15) is 0 Å². The van der Waals surface area contributed by atoms with Crippen LogP contribution in [-0.4, -0.2) is 30.1 Å². The van der Waals surface area contributed by atoms with Crippen LogP contribution < -0.4 is 5.32 Å². The summed E-state index contributed by atoms with van der Waals surface area (Å²) in [4.78, 5) is 2.61. The molecular formula is C19H32N2. The lowest BCUT2D eigenvalue weighted by Gasteiger charge is -2.44. The van der Waals surface area contributed by atoms with Crippen LogP contribution in [0.5, 0.6) is 0 Å². The van der Waals surface area contributed by atoms with Crippen LogP contribution in [-0.2, 0) is 6.42 Å². The second-order valence-electron chi connectivity index (χ2n) is 6.97. The van der Waals surface area contributed by atoms with E-state index in [9.17, 15) is 0 Å². The Balaban J connectivity index is 2.36. The van der Waals surface area contributed by atoms with Gasteiger partial charge in [-0.15, -0.1) is 0 Å². The summed E-state index contributed by atoms with van der Waals surface area (Å²) < 4.78 is 0. The number of nitrogens with zero attached hydrogens (tertiary/aromatic N) is 1. The van der Waals surface area contributed by atoms with E-state index in [1.54, 1.807) is 0 Å². The van der Waals surface area contributed by atoms with Gasteiger partial charge in [0.05, 0.1) is 0 Å². The largest absolute Gasteiger partial charge is 0.309 e. The van der Waals surface area contributed by atoms with Crippen molar-refractivity contribution in [3.63, 3.8) is 0 Å². The molecule has 0 spiro atoms. The van der Waals surface area contributed by atoms with E-state index >= 15 is 0 Å². The fourth-order valence-corrected chi connectivity index (χ4v) is 3.52. The molecule has 2 rings (SSSR count). The Morgan fingerprint density at radius 3 is 2.62 bits per heavy atom. The van der Waals surface area contributed by atoms with Crippen molar-refractivity contribution in [1.82, 2.24) is 10.2 Å². The zero-order chi connectivity index (χ0) is 15.5. The molecule has 118 valence electrons. The molecule has 21 heavy (non-hydrogen) atoms. The number of fused-ring (bicyclic) bond motifs is 1. The number of nitrogens with one attached hydrogen (secondary N) is 1. The van der Waals surface area contributed by atoms with Crippen LogP contribution >= 0.6 is 0 Å². The van der Waals surface area contributed by atoms with Crippen LogP contribution in [0.15, 0.2) is 24.3 Å². The summed E-state index contributed by atoms with van der Waals surface area (Å²) in [6, 6.07) is 10.0. The van der Waals surface area contributed by atoms with Gasteiger partial charge in [-0.05, 0) is 64.3 Å². The maximum absolute atomic E-state index is 3.77. The van der Waals surface area contributed by atoms with Gasteiger partial charge >= 0.3 is 0 Å². The van der Waals surface area contributed by atoms with Crippen molar-refractivity contribution in [3.05, 3.63) is 35.4 Å². The second-order valence-corrected chi connectivity index (χ2v) is 6.97. The minimum Gasteiger partial charge on any atom is -0.309 e. The van der Waals surface area contributed by atoms with Gasteiger partial charge in [-0.1, -0.05) is 38.1 Å². The number of likely N-dealkylation sites (N-methyl/N-ethyl adjacent to an activating group) is 2. The maximum Gasteiger partial charge on any atom is 0.0480 e. The summed E-state index contributed by atoms with van der Waals surface area (Å²) >= 11 is 0. The summed E-state index contributed by atoms with van der Waals surface area (Å²) in [5.74, 6) is 0. The van der Waals surface area contributed by atoms with E-state index in [0.717, 1.165) is 6.54 Å². The Bertz CT molecular complexity index is 453. The van der Waals surface area contributed by atoms with Crippen molar-refractivity contribution in [1.29, 1.82) is 0 Å². The molecular weight excluding hydrogens is 256 g/mol. The number of hydrogen-bond donors (Lipinski definition) is 1. The monoisotopic (exact) mass is 288 g/mol. The summed E-state index contributed by atoms with van der Waals surface area (Å²) in [5.41, 5.74) is 3.30. The molecule has 0 amide bonds. The maximum atomic E-state index is 3.77. The van der Waals surface area contributed by atoms with Crippen molar-refractivity contribution in [2.75, 3.05) is 13.6 Å². The van der Waals surface area contributed by atoms with E-state index in [4.69, 9.17) is 0 Å². The second kappa shape index (κ2) is 6.93. The number of benzene rings is 1. The van der Waals surface area contributed by atoms with Gasteiger partial charge in [0.25, 0.3) is 0 Å². The van der Waals surface area contributed by atoms with Crippen LogP contribution in [0.4, 0.5) is 0 Å². The van der Waals surface area contributed by atoms with E-state index in [0.29, 0.717) is 12.1 Å². The van der Waals surface area contributed by atoms with Gasteiger partial charge in [-0.3, -0.25) is 4.90 Å². The minimum atomic E-state index is 0.248. The van der Waals surface area contributed by atoms with Crippen LogP contribution in [0.3, 0.4) is 0 Å². The molecule has 0 aromatic heterocycles. The van der Waals surface area contributed by atoms with Crippen molar-refractivity contribution >= 4 is 0 Å². The van der Waals surface area contributed by atoms with Gasteiger partial charge in [0.15, 0.2) is 0 Å². The van der Waals surface area contributed by atoms with Crippen molar-refractivity contribution < 1.29 is 0 Å². The molecule has 0 radical (unpaired) electrons. The van der Waals surface area contributed by atoms with E-state index in [1.807, 2.05) is 0 Å². The fourth-order valence-electron chi connectivity index (χ4n) is 3.52. The highest BCUT2D eigenvalue weighted by atomic mass is 15.2. The lowest BCUT2D eigenvalue weighted by Crippen LogP contribution is -2.51. The predicted octanol–water partition coefficient (Wildman–Crippen LogP) is 4.16. The van der Waals surface area contributed by atoms with Gasteiger partial charge < -0.3 is 5.32 Å². The molecule has 1 aliphatic carbocycles. The molecule has 1 aliphatic rings. The lowest BCUT2D eigenvalue weighted by molar-refractivity contribution is 0.0693. The Morgan fingerprint density at radius 2 is 1.95 bits per heavy atom. The third kappa shape index (κ3) is 3.49. The first kappa shape index (κ1) is 16.5. The Morgan fingerprint density at radius 1 is 1.24 bits per heavy atom. The first-order chi connectivity index (χ1) is 10.0. The molecule has 2 unspecified atom stereocenters. The number of aryl methyl sites for hydroxylation is 1. The molecule has 0 saturated heterocycles. The predicted molar refractivity (Wildman–Crippen MR) is 91.7 cm³/mol. The topological polar surface area (TPSA) is 15.3 Å². The molecule has 1 N–H and O–H groups in total. The van der Waals surface area contributed by atoms with Crippen LogP contribution in [0, 0.1) is 0 Å². The molecule has 2 heteroatoms. The zero-order valence-electron chi connectivity index (χ0n) is 14.4. The van der Waals surface area contributed by atoms with Crippen molar-refractivity contribution in [3.8, 4) is 0 Å². The van der Waals surface area contributed by atoms with Gasteiger partial charge in [-0.25, -0.2) is 0 Å². The zero-order valence-corrected chi connectivity index (χ0v) is 14.4. The van der Waals surface area contributed by atoms with E-state index < -0.39 is 0 Å². The minimum absolute atomic E-state index is 0.248. The highest BCUT2D eigenvalue weighted by molar-refractivity contribution is 5.32. The van der Waals surface area contributed by atoms with E-state index in [2.05, 4.69) is 69.2 Å². The highest BCUT2D eigenvalue weighted by Crippen LogP contribution is 2.34. The van der Waals surface area contributed by atoms with Gasteiger partial charge in [0.2, 0.25) is 0 Å². The molecule has 0 heterocycles. The smallest absolute Gasteiger partial charge is 0.0480 e. The first-order valence-electron chi connectivity index (χ1n) is 8.55. The van der Waals surface area contributed by atoms with Crippen molar-refractivity contribution in [2.45, 2.75) is 71.0 Å². The Hall–Kier alpha value is -0.860. The summed E-state index contributed by atoms with van der Waals surface area (Å²) in [5, 5.41) is 3.77. The normalized spacial score (nSPS) is 23.0. The molecule has 1 aromatic carbocycles. The molecule has 2 atom stereocenters. The molecule has 0 fully saturated rings. The molecule has 1 aromatic rings. The van der Waals surface area contributed by atoms with Crippen LogP contribution in [0.25, 0.3) is 0 Å². The molecule has 0 saturated carbocycles. The Kier molecular flexibility index (Phi) is 5.45. The van der Waals surface area contributed by atoms with Gasteiger partial charge in [0.1, 0.15) is 0 Å². The average Bonchev–Trinajstić information content (AvgIpc) is 2.67. The van der Waals surface area contributed by atoms with Crippen LogP contribution in [0.1, 0.15) is 64.1 Å². The number of hydrogen-bond acceptors (Lipinski definition) is 2. The molecule has 2 nitrogen and oxygen atoms in total. The quantitative estimate of drug-likeness (QED) is 0.818. The van der Waals surface area contributed by atoms with Gasteiger partial charge in [0, 0.05) is 17.6 Å². The van der Waals surface area contributed by atoms with E-state index in [-0.39, 0.29) is 5.54 Å². The average molecular weight is 288 g/mol. The molecule has 0 aliphatic heterocycles. The molecule has 0 bridgehead atoms. The number of rotatable bonds is 5. The van der Waals surface area contributed by atoms with Crippen LogP contribution in [0.2, 0.25) is 0 Å². The highest BCUT2D eigenvalue weighted by Gasteiger charge is 2.35. The first-order valence-corrected chi connectivity index (χ1v) is 8.55. The fraction of sp³-hybridized carbons (Fsp3) is 0.684. The van der Waals surface area contributed by atoms with E-state index in [1.165, 1.54) is 36.8 Å². The summed E-state index contributed by atoms with van der Waals surface area (Å²) in [6.07, 6.45) is 4.95. The van der Waals surface area contributed by atoms with Crippen molar-refractivity contribution in [2.24, 2.45) is 0 Å². The third-order valence-corrected chi connectivity index (χ3v) is 5.46.